The summed E-state index contributed by atoms with van der Waals surface area (Å²) in [6, 6.07) is 7.79. The summed E-state index contributed by atoms with van der Waals surface area (Å²) in [5.74, 6) is -0.326. The number of carbonyl (C=O) groups excluding carboxylic acids is 1. The summed E-state index contributed by atoms with van der Waals surface area (Å²) in [6.07, 6.45) is 5.57. The molecule has 0 saturated heterocycles. The van der Waals surface area contributed by atoms with Crippen LogP contribution in [-0.4, -0.2) is 16.4 Å². The predicted molar refractivity (Wildman–Crippen MR) is 94.7 cm³/mol. The van der Waals surface area contributed by atoms with Gasteiger partial charge in [-0.3, -0.25) is 4.79 Å². The highest BCUT2D eigenvalue weighted by molar-refractivity contribution is 9.10. The van der Waals surface area contributed by atoms with E-state index in [-0.39, 0.29) is 24.4 Å². The maximum Gasteiger partial charge on any atom is 0.313 e. The van der Waals surface area contributed by atoms with E-state index in [1.165, 1.54) is 6.42 Å². The number of ether oxygens (including phenoxy) is 1. The Morgan fingerprint density at radius 3 is 2.55 bits per heavy atom. The van der Waals surface area contributed by atoms with Gasteiger partial charge in [-0.25, -0.2) is 0 Å². The molecule has 1 saturated carbocycles. The first-order valence-electron chi connectivity index (χ1n) is 7.35. The Bertz CT molecular complexity index is 510. The van der Waals surface area contributed by atoms with E-state index in [0.29, 0.717) is 0 Å². The molecule has 0 amide bonds. The molecule has 6 heteroatoms. The van der Waals surface area contributed by atoms with Gasteiger partial charge < -0.3 is 4.74 Å². The fraction of sp³-hybridized carbons (Fsp3) is 0.562. The number of hydrogen-bond acceptors (Lipinski definition) is 2. The summed E-state index contributed by atoms with van der Waals surface area (Å²) in [4.78, 5) is 12.6. The van der Waals surface area contributed by atoms with Gasteiger partial charge in [-0.1, -0.05) is 82.1 Å². The van der Waals surface area contributed by atoms with Gasteiger partial charge in [0.2, 0.25) is 3.79 Å². The van der Waals surface area contributed by atoms with Crippen LogP contribution in [0.15, 0.2) is 28.7 Å². The fourth-order valence-electron chi connectivity index (χ4n) is 3.01. The minimum absolute atomic E-state index is 0.228. The zero-order chi connectivity index (χ0) is 16.2. The molecule has 1 aliphatic carbocycles. The number of hydrogen-bond donors (Lipinski definition) is 0. The van der Waals surface area contributed by atoms with Gasteiger partial charge in [-0.05, 0) is 36.5 Å². The maximum atomic E-state index is 12.6. The summed E-state index contributed by atoms with van der Waals surface area (Å²) >= 11 is 20.5. The molecule has 0 aromatic heterocycles. The maximum absolute atomic E-state index is 12.6. The number of rotatable bonds is 4. The van der Waals surface area contributed by atoms with Crippen LogP contribution in [0.25, 0.3) is 0 Å². The summed E-state index contributed by atoms with van der Waals surface area (Å²) < 4.78 is 4.63. The fourth-order valence-corrected chi connectivity index (χ4v) is 3.59. The third-order valence-electron chi connectivity index (χ3n) is 3.96. The minimum Gasteiger partial charge on any atom is -0.461 e. The lowest BCUT2D eigenvalue weighted by Gasteiger charge is -2.29. The molecule has 0 radical (unpaired) electrons. The van der Waals surface area contributed by atoms with Crippen LogP contribution in [-0.2, 0) is 9.53 Å². The average molecular weight is 429 g/mol. The van der Waals surface area contributed by atoms with Crippen LogP contribution in [0.3, 0.4) is 0 Å². The van der Waals surface area contributed by atoms with Gasteiger partial charge in [0.1, 0.15) is 6.61 Å². The monoisotopic (exact) mass is 426 g/mol. The smallest absolute Gasteiger partial charge is 0.313 e. The summed E-state index contributed by atoms with van der Waals surface area (Å²) in [7, 11) is 0. The molecule has 1 atom stereocenters. The van der Waals surface area contributed by atoms with Gasteiger partial charge in [0.05, 0.1) is 5.92 Å². The minimum atomic E-state index is -1.58. The van der Waals surface area contributed by atoms with E-state index in [1.807, 2.05) is 24.3 Å². The number of esters is 1. The number of alkyl halides is 3. The molecule has 122 valence electrons. The summed E-state index contributed by atoms with van der Waals surface area (Å²) in [5.41, 5.74) is 0.954. The van der Waals surface area contributed by atoms with Crippen LogP contribution < -0.4 is 0 Å². The van der Waals surface area contributed by atoms with Crippen molar-refractivity contribution in [2.75, 3.05) is 6.61 Å². The second kappa shape index (κ2) is 8.23. The molecule has 0 aliphatic heterocycles. The van der Waals surface area contributed by atoms with Crippen molar-refractivity contribution in [3.8, 4) is 0 Å². The van der Waals surface area contributed by atoms with E-state index >= 15 is 0 Å². The molecule has 22 heavy (non-hydrogen) atoms. The Morgan fingerprint density at radius 2 is 1.95 bits per heavy atom. The SMILES string of the molecule is O=C(OCC(Cl)(Cl)Cl)C(c1cccc(Br)c1)C1CCCCC1. The van der Waals surface area contributed by atoms with Crippen LogP contribution in [0.1, 0.15) is 43.6 Å². The van der Waals surface area contributed by atoms with Crippen molar-refractivity contribution in [2.45, 2.75) is 41.8 Å². The van der Waals surface area contributed by atoms with E-state index < -0.39 is 3.79 Å². The van der Waals surface area contributed by atoms with E-state index in [1.54, 1.807) is 0 Å². The number of carbonyl (C=O) groups is 1. The van der Waals surface area contributed by atoms with E-state index in [4.69, 9.17) is 39.5 Å². The van der Waals surface area contributed by atoms with Gasteiger partial charge >= 0.3 is 5.97 Å². The molecular weight excluding hydrogens is 410 g/mol. The first kappa shape index (κ1) is 18.4. The third-order valence-corrected chi connectivity index (χ3v) is 4.78. The first-order valence-corrected chi connectivity index (χ1v) is 9.28. The molecular formula is C16H18BrCl3O2. The predicted octanol–water partition coefficient (Wildman–Crippen LogP) is 6.03. The average Bonchev–Trinajstić information content (AvgIpc) is 2.46. The third kappa shape index (κ3) is 5.59. The zero-order valence-corrected chi connectivity index (χ0v) is 15.9. The van der Waals surface area contributed by atoms with Crippen LogP contribution >= 0.6 is 50.7 Å². The molecule has 2 rings (SSSR count). The molecule has 0 bridgehead atoms. The lowest BCUT2D eigenvalue weighted by molar-refractivity contribution is -0.147. The molecule has 2 nitrogen and oxygen atoms in total. The Kier molecular flexibility index (Phi) is 6.88. The summed E-state index contributed by atoms with van der Waals surface area (Å²) in [5, 5.41) is 0. The van der Waals surface area contributed by atoms with Crippen molar-refractivity contribution in [3.63, 3.8) is 0 Å². The van der Waals surface area contributed by atoms with Gasteiger partial charge in [-0.15, -0.1) is 0 Å². The second-order valence-electron chi connectivity index (χ2n) is 5.65. The molecule has 1 aliphatic rings. The van der Waals surface area contributed by atoms with Crippen molar-refractivity contribution in [1.29, 1.82) is 0 Å². The molecule has 1 fully saturated rings. The highest BCUT2D eigenvalue weighted by Crippen LogP contribution is 2.38. The van der Waals surface area contributed by atoms with Crippen LogP contribution in [0, 0.1) is 5.92 Å². The van der Waals surface area contributed by atoms with E-state index in [0.717, 1.165) is 35.7 Å². The molecule has 1 unspecified atom stereocenters. The molecule has 0 N–H and O–H groups in total. The van der Waals surface area contributed by atoms with Crippen molar-refractivity contribution >= 4 is 56.7 Å². The Morgan fingerprint density at radius 1 is 1.27 bits per heavy atom. The van der Waals surface area contributed by atoms with Gasteiger partial charge in [0.25, 0.3) is 0 Å². The van der Waals surface area contributed by atoms with Crippen LogP contribution in [0.5, 0.6) is 0 Å². The summed E-state index contributed by atoms with van der Waals surface area (Å²) in [6.45, 7) is -0.228. The second-order valence-corrected chi connectivity index (χ2v) is 9.09. The molecule has 1 aromatic carbocycles. The highest BCUT2D eigenvalue weighted by Gasteiger charge is 2.34. The first-order chi connectivity index (χ1) is 10.4. The Hall–Kier alpha value is 0.0400. The quantitative estimate of drug-likeness (QED) is 0.433. The van der Waals surface area contributed by atoms with Crippen molar-refractivity contribution < 1.29 is 9.53 Å². The van der Waals surface area contributed by atoms with E-state index in [9.17, 15) is 4.79 Å². The lowest BCUT2D eigenvalue weighted by atomic mass is 9.77. The van der Waals surface area contributed by atoms with Crippen molar-refractivity contribution in [2.24, 2.45) is 5.92 Å². The number of benzene rings is 1. The Labute approximate surface area is 154 Å². The normalized spacial score (nSPS) is 18.0. The lowest BCUT2D eigenvalue weighted by Crippen LogP contribution is -2.28. The molecule has 1 aromatic rings. The zero-order valence-electron chi connectivity index (χ0n) is 12.0. The van der Waals surface area contributed by atoms with E-state index in [2.05, 4.69) is 15.9 Å². The van der Waals surface area contributed by atoms with Gasteiger partial charge in [0, 0.05) is 4.47 Å². The van der Waals surface area contributed by atoms with Crippen LogP contribution in [0.2, 0.25) is 0 Å². The largest absolute Gasteiger partial charge is 0.461 e. The van der Waals surface area contributed by atoms with Gasteiger partial charge in [0.15, 0.2) is 0 Å². The van der Waals surface area contributed by atoms with Crippen LogP contribution in [0.4, 0.5) is 0 Å². The van der Waals surface area contributed by atoms with Gasteiger partial charge in [-0.2, -0.15) is 0 Å². The Balaban J connectivity index is 2.19. The van der Waals surface area contributed by atoms with Crippen molar-refractivity contribution in [1.82, 2.24) is 0 Å². The molecule has 0 heterocycles. The van der Waals surface area contributed by atoms with Crippen molar-refractivity contribution in [3.05, 3.63) is 34.3 Å². The standard InChI is InChI=1S/C16H18BrCl3O2/c17-13-8-4-7-12(9-13)14(11-5-2-1-3-6-11)15(21)22-10-16(18,19)20/h4,7-9,11,14H,1-3,5-6,10H2. The topological polar surface area (TPSA) is 26.3 Å². The number of halogens is 4. The highest BCUT2D eigenvalue weighted by atomic mass is 79.9. The molecule has 0 spiro atoms.